The van der Waals surface area contributed by atoms with E-state index in [1.165, 1.54) is 14.7 Å². The molecule has 3 rings (SSSR count). The second kappa shape index (κ2) is 6.35. The Morgan fingerprint density at radius 2 is 1.81 bits per heavy atom. The van der Waals surface area contributed by atoms with Gasteiger partial charge in [-0.15, -0.1) is 0 Å². The molecular weight excluding hydrogens is 373 g/mol. The summed E-state index contributed by atoms with van der Waals surface area (Å²) in [5.41, 5.74) is 3.56. The molecule has 0 bridgehead atoms. The van der Waals surface area contributed by atoms with Crippen molar-refractivity contribution < 1.29 is 4.42 Å². The van der Waals surface area contributed by atoms with Gasteiger partial charge in [0.2, 0.25) is 0 Å². The van der Waals surface area contributed by atoms with Crippen molar-refractivity contribution in [1.82, 2.24) is 0 Å². The highest BCUT2D eigenvalue weighted by Crippen LogP contribution is 2.28. The number of halogens is 1. The maximum Gasteiger partial charge on any atom is 0.130 e. The Balaban J connectivity index is 1.95. The van der Waals surface area contributed by atoms with Crippen LogP contribution >= 0.6 is 22.6 Å². The first kappa shape index (κ1) is 14.2. The summed E-state index contributed by atoms with van der Waals surface area (Å²) in [5, 5.41) is 3.57. The smallest absolute Gasteiger partial charge is 0.130 e. The van der Waals surface area contributed by atoms with E-state index < -0.39 is 0 Å². The van der Waals surface area contributed by atoms with Crippen LogP contribution in [-0.2, 0) is 0 Å². The lowest BCUT2D eigenvalue weighted by molar-refractivity contribution is 0.499. The maximum atomic E-state index is 5.61. The summed E-state index contributed by atoms with van der Waals surface area (Å²) in [6.07, 6.45) is 1.71. The zero-order chi connectivity index (χ0) is 14.7. The summed E-state index contributed by atoms with van der Waals surface area (Å²) >= 11 is 2.36. The fourth-order valence-corrected chi connectivity index (χ4v) is 2.78. The molecule has 0 amide bonds. The number of hydrogen-bond donors (Lipinski definition) is 1. The van der Waals surface area contributed by atoms with Crippen molar-refractivity contribution in [3.8, 4) is 0 Å². The highest BCUT2D eigenvalue weighted by Gasteiger charge is 2.16. The van der Waals surface area contributed by atoms with Gasteiger partial charge in [0.1, 0.15) is 11.8 Å². The summed E-state index contributed by atoms with van der Waals surface area (Å²) in [7, 11) is 0. The minimum atomic E-state index is 0.0136. The van der Waals surface area contributed by atoms with Gasteiger partial charge in [-0.3, -0.25) is 0 Å². The Kier molecular flexibility index (Phi) is 4.29. The fraction of sp³-hybridized carbons (Fsp3) is 0.111. The van der Waals surface area contributed by atoms with Crippen LogP contribution < -0.4 is 5.32 Å². The van der Waals surface area contributed by atoms with Crippen LogP contribution in [0.25, 0.3) is 0 Å². The summed E-state index contributed by atoms with van der Waals surface area (Å²) < 4.78 is 6.87. The normalized spacial score (nSPS) is 12.1. The minimum absolute atomic E-state index is 0.0136. The van der Waals surface area contributed by atoms with Crippen molar-refractivity contribution in [2.45, 2.75) is 13.0 Å². The molecule has 2 nitrogen and oxygen atoms in total. The third-order valence-electron chi connectivity index (χ3n) is 3.44. The van der Waals surface area contributed by atoms with E-state index in [0.29, 0.717) is 0 Å². The van der Waals surface area contributed by atoms with Gasteiger partial charge in [0, 0.05) is 9.26 Å². The van der Waals surface area contributed by atoms with Crippen molar-refractivity contribution in [2.75, 3.05) is 5.32 Å². The van der Waals surface area contributed by atoms with Crippen LogP contribution in [0.1, 0.15) is 22.9 Å². The second-order valence-corrected chi connectivity index (χ2v) is 6.13. The standard InChI is InChI=1S/C18H16INO/c1-13-9-10-15(12-16(13)19)20-18(17-8-5-11-21-17)14-6-3-2-4-7-14/h2-12,18,20H,1H3. The molecule has 0 aliphatic carbocycles. The van der Waals surface area contributed by atoms with E-state index >= 15 is 0 Å². The van der Waals surface area contributed by atoms with Gasteiger partial charge in [-0.25, -0.2) is 0 Å². The first-order valence-corrected chi connectivity index (χ1v) is 7.93. The van der Waals surface area contributed by atoms with E-state index in [4.69, 9.17) is 4.42 Å². The van der Waals surface area contributed by atoms with Crippen molar-refractivity contribution in [2.24, 2.45) is 0 Å². The molecule has 1 aromatic heterocycles. The molecule has 0 aliphatic rings. The summed E-state index contributed by atoms with van der Waals surface area (Å²) in [4.78, 5) is 0. The Morgan fingerprint density at radius 3 is 2.48 bits per heavy atom. The predicted molar refractivity (Wildman–Crippen MR) is 94.5 cm³/mol. The van der Waals surface area contributed by atoms with E-state index in [0.717, 1.165) is 11.4 Å². The number of benzene rings is 2. The van der Waals surface area contributed by atoms with Crippen molar-refractivity contribution in [3.05, 3.63) is 87.4 Å². The Morgan fingerprint density at radius 1 is 1.00 bits per heavy atom. The zero-order valence-corrected chi connectivity index (χ0v) is 13.9. The number of anilines is 1. The fourth-order valence-electron chi connectivity index (χ4n) is 2.27. The topological polar surface area (TPSA) is 25.2 Å². The lowest BCUT2D eigenvalue weighted by atomic mass is 10.0. The van der Waals surface area contributed by atoms with Gasteiger partial charge >= 0.3 is 0 Å². The van der Waals surface area contributed by atoms with Gasteiger partial charge in [-0.05, 0) is 64.9 Å². The van der Waals surface area contributed by atoms with E-state index in [1.807, 2.05) is 30.3 Å². The van der Waals surface area contributed by atoms with E-state index in [2.05, 4.69) is 65.2 Å². The van der Waals surface area contributed by atoms with Crippen LogP contribution in [0.5, 0.6) is 0 Å². The summed E-state index contributed by atoms with van der Waals surface area (Å²) in [6, 6.07) is 20.7. The van der Waals surface area contributed by atoms with Crippen molar-refractivity contribution in [1.29, 1.82) is 0 Å². The van der Waals surface area contributed by atoms with E-state index in [1.54, 1.807) is 6.26 Å². The first-order chi connectivity index (χ1) is 10.2. The molecule has 0 fully saturated rings. The Bertz CT molecular complexity index is 707. The lowest BCUT2D eigenvalue weighted by Gasteiger charge is -2.19. The van der Waals surface area contributed by atoms with E-state index in [9.17, 15) is 0 Å². The van der Waals surface area contributed by atoms with Crippen LogP contribution in [0.4, 0.5) is 5.69 Å². The monoisotopic (exact) mass is 389 g/mol. The number of hydrogen-bond acceptors (Lipinski definition) is 2. The molecule has 0 radical (unpaired) electrons. The number of nitrogens with one attached hydrogen (secondary N) is 1. The Labute approximate surface area is 138 Å². The second-order valence-electron chi connectivity index (χ2n) is 4.97. The summed E-state index contributed by atoms with van der Waals surface area (Å²) in [5.74, 6) is 0.914. The highest BCUT2D eigenvalue weighted by atomic mass is 127. The number of furan rings is 1. The molecule has 1 unspecified atom stereocenters. The summed E-state index contributed by atoms with van der Waals surface area (Å²) in [6.45, 7) is 2.12. The molecule has 21 heavy (non-hydrogen) atoms. The molecule has 0 saturated heterocycles. The van der Waals surface area contributed by atoms with Gasteiger partial charge in [0.05, 0.1) is 6.26 Å². The molecule has 1 atom stereocenters. The molecule has 106 valence electrons. The minimum Gasteiger partial charge on any atom is -0.467 e. The number of aryl methyl sites for hydroxylation is 1. The van der Waals surface area contributed by atoms with Crippen LogP contribution in [0, 0.1) is 10.5 Å². The molecule has 2 aromatic carbocycles. The number of rotatable bonds is 4. The van der Waals surface area contributed by atoms with Crippen molar-refractivity contribution >= 4 is 28.3 Å². The largest absolute Gasteiger partial charge is 0.467 e. The van der Waals surface area contributed by atoms with Gasteiger partial charge in [-0.1, -0.05) is 36.4 Å². The predicted octanol–water partition coefficient (Wildman–Crippen LogP) is 5.39. The SMILES string of the molecule is Cc1ccc(NC(c2ccccc2)c2ccco2)cc1I. The molecule has 0 saturated carbocycles. The average molecular weight is 389 g/mol. The first-order valence-electron chi connectivity index (χ1n) is 6.85. The zero-order valence-electron chi connectivity index (χ0n) is 11.7. The average Bonchev–Trinajstić information content (AvgIpc) is 3.03. The molecule has 0 spiro atoms. The molecule has 3 heteroatoms. The quantitative estimate of drug-likeness (QED) is 0.605. The van der Waals surface area contributed by atoms with Crippen LogP contribution in [0.3, 0.4) is 0 Å². The molecule has 3 aromatic rings. The Hall–Kier alpha value is -1.75. The third kappa shape index (κ3) is 3.29. The van der Waals surface area contributed by atoms with Crippen LogP contribution in [0.2, 0.25) is 0 Å². The van der Waals surface area contributed by atoms with Gasteiger partial charge in [0.25, 0.3) is 0 Å². The van der Waals surface area contributed by atoms with Gasteiger partial charge in [-0.2, -0.15) is 0 Å². The highest BCUT2D eigenvalue weighted by molar-refractivity contribution is 14.1. The van der Waals surface area contributed by atoms with Gasteiger partial charge in [0.15, 0.2) is 0 Å². The van der Waals surface area contributed by atoms with Gasteiger partial charge < -0.3 is 9.73 Å². The van der Waals surface area contributed by atoms with Crippen LogP contribution in [-0.4, -0.2) is 0 Å². The molecular formula is C18H16INO. The molecule has 1 N–H and O–H groups in total. The molecule has 1 heterocycles. The van der Waals surface area contributed by atoms with Crippen LogP contribution in [0.15, 0.2) is 71.3 Å². The third-order valence-corrected chi connectivity index (χ3v) is 4.61. The van der Waals surface area contributed by atoms with Crippen molar-refractivity contribution in [3.63, 3.8) is 0 Å². The van der Waals surface area contributed by atoms with E-state index in [-0.39, 0.29) is 6.04 Å². The molecule has 0 aliphatic heterocycles. The lowest BCUT2D eigenvalue weighted by Crippen LogP contribution is -2.11. The maximum absolute atomic E-state index is 5.61.